The molecule has 3 fully saturated rings. The fourth-order valence-electron chi connectivity index (χ4n) is 4.20. The number of amides is 1. The van der Waals surface area contributed by atoms with Gasteiger partial charge in [0, 0.05) is 21.0 Å². The van der Waals surface area contributed by atoms with Crippen LogP contribution in [0.2, 0.25) is 0 Å². The Morgan fingerprint density at radius 2 is 1.65 bits per heavy atom. The number of esters is 1. The number of fused-ring (bicyclic) bond motifs is 2. The van der Waals surface area contributed by atoms with Crippen molar-refractivity contribution in [3.05, 3.63) is 0 Å². The number of carbonyl (C=O) groups excluding carboxylic acids is 2. The zero-order valence-corrected chi connectivity index (χ0v) is 24.7. The topological polar surface area (TPSA) is 212 Å². The molecule has 4 heterocycles. The minimum atomic E-state index is -1.22. The van der Waals surface area contributed by atoms with Gasteiger partial charge in [-0.05, 0) is 20.8 Å². The summed E-state index contributed by atoms with van der Waals surface area (Å²) in [6.45, 7) is 5.83. The van der Waals surface area contributed by atoms with Gasteiger partial charge in [0.15, 0.2) is 16.4 Å². The van der Waals surface area contributed by atoms with Crippen molar-refractivity contribution in [3.8, 4) is 0 Å². The SMILES string of the molecule is CN(C(=O)OC(C)(C)C)C1=N[C@@H]2[C@@H](O)[C@H](O)[C@@H](CO)O[C@@H]2S1.CN=C1N[C@@H]2[C@@H](OC(C)=O)[C@H](O)[C@@H](CO)O[C@@H]2S1. The highest BCUT2D eigenvalue weighted by Crippen LogP contribution is 2.37. The number of thioether (sulfide) groups is 2. The maximum atomic E-state index is 12.0. The normalized spacial score (nSPS) is 37.8. The van der Waals surface area contributed by atoms with Crippen LogP contribution in [0.15, 0.2) is 9.98 Å². The molecule has 6 N–H and O–H groups in total. The molecule has 4 aliphatic rings. The van der Waals surface area contributed by atoms with Gasteiger partial charge in [-0.15, -0.1) is 0 Å². The number of carbonyl (C=O) groups is 2. The lowest BCUT2D eigenvalue weighted by molar-refractivity contribution is -0.191. The summed E-state index contributed by atoms with van der Waals surface area (Å²) < 4.78 is 21.4. The van der Waals surface area contributed by atoms with Crippen LogP contribution in [-0.2, 0) is 23.7 Å². The van der Waals surface area contributed by atoms with Crippen LogP contribution in [0.1, 0.15) is 27.7 Å². The van der Waals surface area contributed by atoms with Gasteiger partial charge < -0.3 is 49.8 Å². The maximum Gasteiger partial charge on any atom is 0.416 e. The Labute approximate surface area is 240 Å². The molecule has 4 aliphatic heterocycles. The molecule has 4 rings (SSSR count). The number of rotatable bonds is 3. The second-order valence-electron chi connectivity index (χ2n) is 10.4. The van der Waals surface area contributed by atoms with E-state index in [1.165, 1.54) is 30.6 Å². The summed E-state index contributed by atoms with van der Waals surface area (Å²) in [4.78, 5) is 32.6. The first-order chi connectivity index (χ1) is 18.7. The Bertz CT molecular complexity index is 981. The van der Waals surface area contributed by atoms with E-state index in [1.54, 1.807) is 27.8 Å². The summed E-state index contributed by atoms with van der Waals surface area (Å²) in [6, 6.07) is -1.06. The number of ether oxygens (including phenoxy) is 4. The summed E-state index contributed by atoms with van der Waals surface area (Å²) in [5.74, 6) is -0.481. The quantitative estimate of drug-likeness (QED) is 0.200. The first-order valence-electron chi connectivity index (χ1n) is 12.6. The van der Waals surface area contributed by atoms with Crippen molar-refractivity contribution in [2.24, 2.45) is 9.98 Å². The number of amidine groups is 2. The summed E-state index contributed by atoms with van der Waals surface area (Å²) in [6.07, 6.45) is -6.40. The Balaban J connectivity index is 0.000000225. The van der Waals surface area contributed by atoms with Gasteiger partial charge in [-0.2, -0.15) is 0 Å². The number of hydrogen-bond acceptors (Lipinski definition) is 15. The van der Waals surface area contributed by atoms with Crippen LogP contribution in [0.3, 0.4) is 0 Å². The fraction of sp³-hybridized carbons (Fsp3) is 0.826. The van der Waals surface area contributed by atoms with Crippen LogP contribution >= 0.6 is 23.5 Å². The molecule has 0 aromatic carbocycles. The fourth-order valence-corrected chi connectivity index (χ4v) is 6.47. The summed E-state index contributed by atoms with van der Waals surface area (Å²) in [7, 11) is 3.15. The molecule has 0 unspecified atom stereocenters. The lowest BCUT2D eigenvalue weighted by atomic mass is 9.98. The van der Waals surface area contributed by atoms with Crippen LogP contribution in [0, 0.1) is 0 Å². The number of nitrogens with one attached hydrogen (secondary N) is 1. The molecule has 228 valence electrons. The van der Waals surface area contributed by atoms with E-state index in [0.29, 0.717) is 10.3 Å². The first-order valence-corrected chi connectivity index (χ1v) is 14.3. The highest BCUT2D eigenvalue weighted by Gasteiger charge is 2.51. The van der Waals surface area contributed by atoms with Crippen LogP contribution in [0.5, 0.6) is 0 Å². The largest absolute Gasteiger partial charge is 0.457 e. The second kappa shape index (κ2) is 13.5. The molecule has 0 saturated carbocycles. The lowest BCUT2D eigenvalue weighted by Crippen LogP contribution is -2.61. The van der Waals surface area contributed by atoms with E-state index in [2.05, 4.69) is 15.3 Å². The van der Waals surface area contributed by atoms with E-state index < -0.39 is 72.4 Å². The highest BCUT2D eigenvalue weighted by molar-refractivity contribution is 8.14. The minimum Gasteiger partial charge on any atom is -0.457 e. The van der Waals surface area contributed by atoms with E-state index in [4.69, 9.17) is 24.1 Å². The van der Waals surface area contributed by atoms with E-state index in [9.17, 15) is 30.0 Å². The van der Waals surface area contributed by atoms with Crippen molar-refractivity contribution in [1.29, 1.82) is 0 Å². The molecule has 0 spiro atoms. The third kappa shape index (κ3) is 7.57. The third-order valence-corrected chi connectivity index (χ3v) is 8.53. The Kier molecular flexibility index (Phi) is 11.1. The molecule has 0 aliphatic carbocycles. The van der Waals surface area contributed by atoms with Crippen LogP contribution < -0.4 is 5.32 Å². The predicted molar refractivity (Wildman–Crippen MR) is 146 cm³/mol. The van der Waals surface area contributed by atoms with E-state index in [1.807, 2.05) is 0 Å². The zero-order chi connectivity index (χ0) is 29.9. The minimum absolute atomic E-state index is 0.332. The number of aliphatic hydroxyl groups excluding tert-OH is 5. The van der Waals surface area contributed by atoms with Gasteiger partial charge in [-0.3, -0.25) is 19.7 Å². The van der Waals surface area contributed by atoms with Gasteiger partial charge in [-0.25, -0.2) is 4.79 Å². The van der Waals surface area contributed by atoms with Crippen molar-refractivity contribution in [2.45, 2.75) is 92.9 Å². The molecule has 3 saturated heterocycles. The number of nitrogens with zero attached hydrogens (tertiary/aromatic N) is 3. The molecular formula is C23H38N4O11S2. The van der Waals surface area contributed by atoms with Gasteiger partial charge in [-0.1, -0.05) is 23.5 Å². The number of aliphatic imine (C=N–C) groups is 2. The van der Waals surface area contributed by atoms with Gasteiger partial charge in [0.2, 0.25) is 0 Å². The zero-order valence-electron chi connectivity index (χ0n) is 23.0. The molecule has 40 heavy (non-hydrogen) atoms. The van der Waals surface area contributed by atoms with Crippen molar-refractivity contribution in [3.63, 3.8) is 0 Å². The van der Waals surface area contributed by atoms with E-state index >= 15 is 0 Å². The summed E-state index contributed by atoms with van der Waals surface area (Å²) in [5.41, 5.74) is -1.53. The highest BCUT2D eigenvalue weighted by atomic mass is 32.2. The van der Waals surface area contributed by atoms with Crippen molar-refractivity contribution >= 4 is 45.9 Å². The molecule has 1 amide bonds. The van der Waals surface area contributed by atoms with Crippen LogP contribution in [0.4, 0.5) is 4.79 Å². The third-order valence-electron chi connectivity index (χ3n) is 6.16. The summed E-state index contributed by atoms with van der Waals surface area (Å²) >= 11 is 2.50. The van der Waals surface area contributed by atoms with Gasteiger partial charge >= 0.3 is 12.1 Å². The monoisotopic (exact) mass is 610 g/mol. The van der Waals surface area contributed by atoms with Crippen LogP contribution in [-0.4, -0.2) is 145 Å². The first kappa shape index (κ1) is 32.8. The maximum absolute atomic E-state index is 12.0. The van der Waals surface area contributed by atoms with Crippen molar-refractivity contribution in [2.75, 3.05) is 27.3 Å². The van der Waals surface area contributed by atoms with Gasteiger partial charge in [0.25, 0.3) is 0 Å². The van der Waals surface area contributed by atoms with Gasteiger partial charge in [0.1, 0.15) is 59.1 Å². The summed E-state index contributed by atoms with van der Waals surface area (Å²) in [5, 5.41) is 52.3. The second-order valence-corrected chi connectivity index (χ2v) is 12.5. The molecule has 0 radical (unpaired) electrons. The molecule has 17 heteroatoms. The number of hydrogen-bond donors (Lipinski definition) is 6. The molecular weight excluding hydrogens is 572 g/mol. The molecule has 15 nitrogen and oxygen atoms in total. The standard InChI is InChI=1S/C13H22N2O6S.C10H16N2O5S/c1-13(2,3)21-12(19)15(4)11-14-7-9(18)8(17)6(5-16)20-10(7)22-11;1-4(14)16-8-6-9(18-10(11-2)12-6)17-5(3-13)7(8)15/h6-10,16-18H,5H2,1-4H3;5-9,13,15H,3H2,1-2H3,(H,11,12)/t6-,7-,8-,9-,10-;5-,6-,7-,8-,9-/m11/s1. The molecule has 0 aromatic heterocycles. The lowest BCUT2D eigenvalue weighted by Gasteiger charge is -2.39. The average Bonchev–Trinajstić information content (AvgIpc) is 3.50. The van der Waals surface area contributed by atoms with Crippen molar-refractivity contribution in [1.82, 2.24) is 10.2 Å². The smallest absolute Gasteiger partial charge is 0.416 e. The van der Waals surface area contributed by atoms with E-state index in [-0.39, 0.29) is 18.1 Å². The molecule has 0 aromatic rings. The average molecular weight is 611 g/mol. The van der Waals surface area contributed by atoms with Crippen LogP contribution in [0.25, 0.3) is 0 Å². The van der Waals surface area contributed by atoms with Crippen molar-refractivity contribution < 1.29 is 54.1 Å². The van der Waals surface area contributed by atoms with Gasteiger partial charge in [0.05, 0.1) is 13.2 Å². The molecule has 0 bridgehead atoms. The Morgan fingerprint density at radius 3 is 2.20 bits per heavy atom. The van der Waals surface area contributed by atoms with E-state index in [0.717, 1.165) is 11.8 Å². The Hall–Kier alpha value is -1.70. The molecule has 10 atom stereocenters. The Morgan fingerprint density at radius 1 is 1.05 bits per heavy atom. The predicted octanol–water partition coefficient (Wildman–Crippen LogP) is -1.55. The number of aliphatic hydroxyl groups is 5.